The van der Waals surface area contributed by atoms with E-state index in [2.05, 4.69) is 44.1 Å². The normalized spacial score (nSPS) is 18.4. The quantitative estimate of drug-likeness (QED) is 0.635. The number of likely N-dealkylation sites (N-methyl/N-ethyl adjacent to an activating group) is 1. The molecule has 4 rings (SSSR count). The molecule has 1 amide bonds. The molecule has 1 atom stereocenters. The molecule has 1 unspecified atom stereocenters. The highest BCUT2D eigenvalue weighted by Crippen LogP contribution is 2.34. The zero-order valence-corrected chi connectivity index (χ0v) is 20.2. The van der Waals surface area contributed by atoms with Gasteiger partial charge in [0.2, 0.25) is 0 Å². The second-order valence-electron chi connectivity index (χ2n) is 8.97. The van der Waals surface area contributed by atoms with Crippen LogP contribution in [-0.4, -0.2) is 74.2 Å². The number of nitrogens with one attached hydrogen (secondary N) is 2. The average Bonchev–Trinajstić information content (AvgIpc) is 2.80. The average molecular weight is 485 g/mol. The van der Waals surface area contributed by atoms with Crippen LogP contribution in [0.1, 0.15) is 18.1 Å². The van der Waals surface area contributed by atoms with Crippen LogP contribution in [0.15, 0.2) is 36.4 Å². The van der Waals surface area contributed by atoms with Crippen molar-refractivity contribution in [1.82, 2.24) is 9.80 Å². The number of hydrogen-bond donors (Lipinski definition) is 2. The van der Waals surface area contributed by atoms with Crippen molar-refractivity contribution < 1.29 is 23.0 Å². The molecule has 9 heteroatoms. The van der Waals surface area contributed by atoms with Gasteiger partial charge in [0.15, 0.2) is 6.10 Å². The summed E-state index contributed by atoms with van der Waals surface area (Å²) < 4.78 is 36.6. The Hall–Kier alpha value is -3.35. The second kappa shape index (κ2) is 10.5. The summed E-state index contributed by atoms with van der Waals surface area (Å²) >= 11 is 0. The highest BCUT2D eigenvalue weighted by atomic mass is 19.3. The molecule has 0 saturated carbocycles. The molecule has 1 fully saturated rings. The van der Waals surface area contributed by atoms with Crippen LogP contribution in [-0.2, 0) is 4.79 Å². The van der Waals surface area contributed by atoms with Crippen LogP contribution in [0.25, 0.3) is 0 Å². The van der Waals surface area contributed by atoms with Crippen molar-refractivity contribution in [2.45, 2.75) is 26.1 Å². The van der Waals surface area contributed by atoms with Crippen molar-refractivity contribution in [3.63, 3.8) is 0 Å². The fourth-order valence-corrected chi connectivity index (χ4v) is 3.90. The van der Waals surface area contributed by atoms with Gasteiger partial charge in [-0.3, -0.25) is 9.69 Å². The lowest BCUT2D eigenvalue weighted by molar-refractivity contribution is -0.158. The molecule has 0 spiro atoms. The van der Waals surface area contributed by atoms with Gasteiger partial charge in [-0.1, -0.05) is 17.9 Å². The molecule has 2 aliphatic rings. The first kappa shape index (κ1) is 24.8. The van der Waals surface area contributed by atoms with Crippen LogP contribution in [0.2, 0.25) is 0 Å². The van der Waals surface area contributed by atoms with Crippen molar-refractivity contribution in [3.8, 4) is 23.3 Å². The standard InChI is InChI=1S/C26H30F2N4O3/c1-18-6-8-21(19(15-18)5-4-10-32-13-11-31(3)12-14-32)30-25(33)24-17-29-22-16-20(35-26(2,27)28)7-9-23(22)34-24/h6-9,15-16,24,29H,10-14,17H2,1-3H3,(H,30,33). The molecule has 2 aromatic carbocycles. The van der Waals surface area contributed by atoms with Gasteiger partial charge in [-0.15, -0.1) is 0 Å². The van der Waals surface area contributed by atoms with Gasteiger partial charge in [-0.25, -0.2) is 0 Å². The first-order valence-electron chi connectivity index (χ1n) is 11.6. The molecule has 2 heterocycles. The zero-order valence-electron chi connectivity index (χ0n) is 20.2. The Labute approximate surface area is 204 Å². The highest BCUT2D eigenvalue weighted by Gasteiger charge is 2.28. The summed E-state index contributed by atoms with van der Waals surface area (Å²) in [6.45, 7) is 7.56. The van der Waals surface area contributed by atoms with E-state index >= 15 is 0 Å². The zero-order chi connectivity index (χ0) is 25.0. The minimum atomic E-state index is -3.29. The Kier molecular flexibility index (Phi) is 7.43. The number of nitrogens with zero attached hydrogens (tertiary/aromatic N) is 2. The first-order chi connectivity index (χ1) is 16.7. The van der Waals surface area contributed by atoms with Crippen molar-refractivity contribution in [3.05, 3.63) is 47.5 Å². The van der Waals surface area contributed by atoms with Crippen molar-refractivity contribution in [2.24, 2.45) is 0 Å². The SMILES string of the molecule is Cc1ccc(NC(=O)C2CNc3cc(OC(C)(F)F)ccc3O2)c(C#CCN2CCN(C)CC2)c1. The van der Waals surface area contributed by atoms with Gasteiger partial charge < -0.3 is 25.0 Å². The Morgan fingerprint density at radius 2 is 2.00 bits per heavy atom. The number of amides is 1. The number of anilines is 2. The minimum Gasteiger partial charge on any atom is -0.477 e. The third-order valence-electron chi connectivity index (χ3n) is 5.84. The molecule has 0 bridgehead atoms. The Morgan fingerprint density at radius 3 is 2.74 bits per heavy atom. The number of piperazine rings is 1. The largest absolute Gasteiger partial charge is 0.477 e. The maximum Gasteiger partial charge on any atom is 0.394 e. The molecule has 35 heavy (non-hydrogen) atoms. The van der Waals surface area contributed by atoms with Gasteiger partial charge >= 0.3 is 6.11 Å². The van der Waals surface area contributed by atoms with Crippen LogP contribution >= 0.6 is 0 Å². The predicted octanol–water partition coefficient (Wildman–Crippen LogP) is 3.40. The van der Waals surface area contributed by atoms with Crippen molar-refractivity contribution >= 4 is 17.3 Å². The third-order valence-corrected chi connectivity index (χ3v) is 5.84. The number of benzene rings is 2. The van der Waals surface area contributed by atoms with Crippen LogP contribution in [0.3, 0.4) is 0 Å². The summed E-state index contributed by atoms with van der Waals surface area (Å²) in [6, 6.07) is 10.0. The van der Waals surface area contributed by atoms with Gasteiger partial charge in [-0.05, 0) is 43.8 Å². The highest BCUT2D eigenvalue weighted by molar-refractivity contribution is 5.96. The monoisotopic (exact) mass is 484 g/mol. The first-order valence-corrected chi connectivity index (χ1v) is 11.6. The predicted molar refractivity (Wildman–Crippen MR) is 131 cm³/mol. The van der Waals surface area contributed by atoms with Gasteiger partial charge in [0, 0.05) is 44.7 Å². The smallest absolute Gasteiger partial charge is 0.394 e. The Morgan fingerprint density at radius 1 is 1.23 bits per heavy atom. The lowest BCUT2D eigenvalue weighted by Crippen LogP contribution is -2.44. The number of carbonyl (C=O) groups is 1. The van der Waals surface area contributed by atoms with E-state index in [1.54, 1.807) is 0 Å². The van der Waals surface area contributed by atoms with Gasteiger partial charge in [-0.2, -0.15) is 8.78 Å². The lowest BCUT2D eigenvalue weighted by Gasteiger charge is -2.30. The number of halogens is 2. The van der Waals surface area contributed by atoms with E-state index in [-0.39, 0.29) is 18.2 Å². The lowest BCUT2D eigenvalue weighted by atomic mass is 10.1. The number of aryl methyl sites for hydroxylation is 1. The van der Waals surface area contributed by atoms with Gasteiger partial charge in [0.1, 0.15) is 11.5 Å². The molecule has 7 nitrogen and oxygen atoms in total. The molecular formula is C26H30F2N4O3. The fraction of sp³-hybridized carbons (Fsp3) is 0.423. The number of hydrogen-bond acceptors (Lipinski definition) is 6. The maximum atomic E-state index is 13.1. The minimum absolute atomic E-state index is 0.00898. The molecule has 186 valence electrons. The van der Waals surface area contributed by atoms with Crippen LogP contribution in [0.5, 0.6) is 11.5 Å². The third kappa shape index (κ3) is 6.84. The molecule has 0 aromatic heterocycles. The van der Waals surface area contributed by atoms with Gasteiger partial charge in [0.05, 0.1) is 24.5 Å². The summed E-state index contributed by atoms with van der Waals surface area (Å²) in [5.74, 6) is 6.52. The summed E-state index contributed by atoms with van der Waals surface area (Å²) in [4.78, 5) is 17.6. The maximum absolute atomic E-state index is 13.1. The molecule has 0 aliphatic carbocycles. The van der Waals surface area contributed by atoms with E-state index in [0.717, 1.165) is 37.3 Å². The summed E-state index contributed by atoms with van der Waals surface area (Å²) in [5.41, 5.74) is 2.91. The number of fused-ring (bicyclic) bond motifs is 1. The van der Waals surface area contributed by atoms with Gasteiger partial charge in [0.25, 0.3) is 5.91 Å². The topological polar surface area (TPSA) is 66.1 Å². The molecule has 1 saturated heterocycles. The number of carbonyl (C=O) groups excluding carboxylic acids is 1. The number of alkyl halides is 2. The molecular weight excluding hydrogens is 454 g/mol. The van der Waals surface area contributed by atoms with E-state index in [4.69, 9.17) is 4.74 Å². The summed E-state index contributed by atoms with van der Waals surface area (Å²) in [7, 11) is 2.12. The van der Waals surface area contributed by atoms with E-state index < -0.39 is 12.2 Å². The summed E-state index contributed by atoms with van der Waals surface area (Å²) in [5, 5.41) is 5.98. The number of ether oxygens (including phenoxy) is 2. The van der Waals surface area contributed by atoms with E-state index in [0.29, 0.717) is 30.6 Å². The van der Waals surface area contributed by atoms with E-state index in [1.165, 1.54) is 18.2 Å². The Balaban J connectivity index is 1.40. The van der Waals surface area contributed by atoms with Crippen LogP contribution in [0.4, 0.5) is 20.2 Å². The molecule has 2 N–H and O–H groups in total. The molecule has 2 aromatic rings. The van der Waals surface area contributed by atoms with Crippen molar-refractivity contribution in [2.75, 3.05) is 56.9 Å². The molecule has 2 aliphatic heterocycles. The van der Waals surface area contributed by atoms with Crippen LogP contribution in [0, 0.1) is 18.8 Å². The Bertz CT molecular complexity index is 1130. The van der Waals surface area contributed by atoms with Crippen molar-refractivity contribution in [1.29, 1.82) is 0 Å². The molecule has 0 radical (unpaired) electrons. The van der Waals surface area contributed by atoms with E-state index in [9.17, 15) is 13.6 Å². The number of rotatable bonds is 5. The second-order valence-corrected chi connectivity index (χ2v) is 8.97. The summed E-state index contributed by atoms with van der Waals surface area (Å²) in [6.07, 6.45) is -4.08. The van der Waals surface area contributed by atoms with E-state index in [1.807, 2.05) is 25.1 Å². The fourth-order valence-electron chi connectivity index (χ4n) is 3.90. The van der Waals surface area contributed by atoms with Crippen LogP contribution < -0.4 is 20.1 Å².